The molecule has 0 unspecified atom stereocenters. The summed E-state index contributed by atoms with van der Waals surface area (Å²) in [5, 5.41) is 0. The minimum atomic E-state index is -3.73. The number of hydrogen-bond donors (Lipinski definition) is 1. The molecule has 152 valence electrons. The van der Waals surface area contributed by atoms with Gasteiger partial charge in [-0.2, -0.15) is 4.31 Å². The van der Waals surface area contributed by atoms with E-state index in [4.69, 9.17) is 0 Å². The average molecular weight is 424 g/mol. The van der Waals surface area contributed by atoms with Crippen LogP contribution in [0.2, 0.25) is 0 Å². The first-order chi connectivity index (χ1) is 13.2. The van der Waals surface area contributed by atoms with Crippen molar-refractivity contribution in [1.29, 1.82) is 0 Å². The van der Waals surface area contributed by atoms with Gasteiger partial charge < -0.3 is 4.90 Å². The van der Waals surface area contributed by atoms with Crippen molar-refractivity contribution in [3.63, 3.8) is 0 Å². The number of anilines is 1. The van der Waals surface area contributed by atoms with Crippen LogP contribution in [0.3, 0.4) is 0 Å². The van der Waals surface area contributed by atoms with Crippen LogP contribution >= 0.6 is 0 Å². The SMILES string of the molecule is CCc1ccc(S(=O)(=O)Nc2ccc(S(=O)(=O)N3CCN(C)CC3)cc2)cc1. The van der Waals surface area contributed by atoms with Gasteiger partial charge in [0.2, 0.25) is 10.0 Å². The molecule has 0 bridgehead atoms. The molecule has 0 atom stereocenters. The van der Waals surface area contributed by atoms with E-state index >= 15 is 0 Å². The first-order valence-corrected chi connectivity index (χ1v) is 12.1. The molecule has 1 N–H and O–H groups in total. The second kappa shape index (κ2) is 8.20. The Kier molecular flexibility index (Phi) is 6.09. The number of rotatable bonds is 6. The van der Waals surface area contributed by atoms with E-state index in [-0.39, 0.29) is 9.79 Å². The molecular formula is C19H25N3O4S2. The van der Waals surface area contributed by atoms with Gasteiger partial charge in [-0.05, 0) is 55.4 Å². The van der Waals surface area contributed by atoms with E-state index in [0.717, 1.165) is 12.0 Å². The average Bonchev–Trinajstić information content (AvgIpc) is 2.68. The summed E-state index contributed by atoms with van der Waals surface area (Å²) in [5.41, 5.74) is 1.37. The third-order valence-corrected chi connectivity index (χ3v) is 8.16. The second-order valence-corrected chi connectivity index (χ2v) is 10.5. The van der Waals surface area contributed by atoms with Crippen LogP contribution in [0, 0.1) is 0 Å². The van der Waals surface area contributed by atoms with Crippen LogP contribution in [0.1, 0.15) is 12.5 Å². The highest BCUT2D eigenvalue weighted by atomic mass is 32.2. The molecule has 0 radical (unpaired) electrons. The molecule has 2 aromatic rings. The second-order valence-electron chi connectivity index (χ2n) is 6.83. The Labute approximate surface area is 167 Å². The summed E-state index contributed by atoms with van der Waals surface area (Å²) in [6.45, 7) is 4.27. The van der Waals surface area contributed by atoms with Crippen LogP contribution in [0.4, 0.5) is 5.69 Å². The van der Waals surface area contributed by atoms with Crippen molar-refractivity contribution in [3.05, 3.63) is 54.1 Å². The van der Waals surface area contributed by atoms with Crippen molar-refractivity contribution in [2.24, 2.45) is 0 Å². The van der Waals surface area contributed by atoms with Crippen molar-refractivity contribution in [2.75, 3.05) is 37.9 Å². The van der Waals surface area contributed by atoms with Crippen LogP contribution < -0.4 is 4.72 Å². The largest absolute Gasteiger partial charge is 0.304 e. The molecule has 0 aromatic heterocycles. The summed E-state index contributed by atoms with van der Waals surface area (Å²) < 4.78 is 54.5. The molecule has 7 nitrogen and oxygen atoms in total. The van der Waals surface area contributed by atoms with Gasteiger partial charge in [0.25, 0.3) is 10.0 Å². The molecule has 1 fully saturated rings. The van der Waals surface area contributed by atoms with Gasteiger partial charge in [0.15, 0.2) is 0 Å². The lowest BCUT2D eigenvalue weighted by atomic mass is 10.2. The normalized spacial score (nSPS) is 16.8. The lowest BCUT2D eigenvalue weighted by molar-refractivity contribution is 0.222. The van der Waals surface area contributed by atoms with Crippen molar-refractivity contribution in [2.45, 2.75) is 23.1 Å². The molecule has 0 spiro atoms. The Bertz CT molecular complexity index is 1010. The van der Waals surface area contributed by atoms with E-state index in [0.29, 0.717) is 31.9 Å². The summed E-state index contributed by atoms with van der Waals surface area (Å²) >= 11 is 0. The minimum absolute atomic E-state index is 0.160. The summed E-state index contributed by atoms with van der Waals surface area (Å²) in [7, 11) is -5.35. The van der Waals surface area contributed by atoms with E-state index in [9.17, 15) is 16.8 Å². The fraction of sp³-hybridized carbons (Fsp3) is 0.368. The molecule has 0 amide bonds. The maximum absolute atomic E-state index is 12.7. The van der Waals surface area contributed by atoms with Crippen molar-refractivity contribution in [1.82, 2.24) is 9.21 Å². The zero-order valence-corrected chi connectivity index (χ0v) is 17.6. The van der Waals surface area contributed by atoms with Gasteiger partial charge in [0, 0.05) is 31.9 Å². The zero-order valence-electron chi connectivity index (χ0n) is 16.0. The van der Waals surface area contributed by atoms with Crippen LogP contribution in [0.25, 0.3) is 0 Å². The molecule has 3 rings (SSSR count). The predicted octanol–water partition coefficient (Wildman–Crippen LogP) is 1.99. The summed E-state index contributed by atoms with van der Waals surface area (Å²) in [6, 6.07) is 12.5. The minimum Gasteiger partial charge on any atom is -0.304 e. The van der Waals surface area contributed by atoms with Gasteiger partial charge >= 0.3 is 0 Å². The van der Waals surface area contributed by atoms with E-state index in [1.807, 2.05) is 14.0 Å². The predicted molar refractivity (Wildman–Crippen MR) is 109 cm³/mol. The van der Waals surface area contributed by atoms with Gasteiger partial charge in [-0.3, -0.25) is 4.72 Å². The molecule has 1 saturated heterocycles. The topological polar surface area (TPSA) is 86.8 Å². The monoisotopic (exact) mass is 423 g/mol. The number of nitrogens with zero attached hydrogens (tertiary/aromatic N) is 2. The fourth-order valence-corrected chi connectivity index (χ4v) is 5.47. The van der Waals surface area contributed by atoms with E-state index < -0.39 is 20.0 Å². The molecule has 1 aliphatic heterocycles. The van der Waals surface area contributed by atoms with Crippen molar-refractivity contribution in [3.8, 4) is 0 Å². The van der Waals surface area contributed by atoms with Crippen LogP contribution in [-0.4, -0.2) is 59.3 Å². The van der Waals surface area contributed by atoms with Crippen molar-refractivity contribution >= 4 is 25.7 Å². The van der Waals surface area contributed by atoms with Crippen molar-refractivity contribution < 1.29 is 16.8 Å². The number of likely N-dealkylation sites (N-methyl/N-ethyl adjacent to an activating group) is 1. The Morgan fingerprint density at radius 1 is 0.821 bits per heavy atom. The molecule has 1 heterocycles. The van der Waals surface area contributed by atoms with E-state index in [1.165, 1.54) is 28.6 Å². The first kappa shape index (κ1) is 20.8. The van der Waals surface area contributed by atoms with Gasteiger partial charge in [-0.15, -0.1) is 0 Å². The number of nitrogens with one attached hydrogen (secondary N) is 1. The summed E-state index contributed by atoms with van der Waals surface area (Å²) in [4.78, 5) is 2.41. The standard InChI is InChI=1S/C19H25N3O4S2/c1-3-16-4-8-18(9-5-16)27(23,24)20-17-6-10-19(11-7-17)28(25,26)22-14-12-21(2)13-15-22/h4-11,20H,3,12-15H2,1-2H3. The quantitative estimate of drug-likeness (QED) is 0.768. The molecule has 9 heteroatoms. The third kappa shape index (κ3) is 4.54. The number of piperazine rings is 1. The third-order valence-electron chi connectivity index (χ3n) is 4.85. The number of sulfonamides is 2. The maximum Gasteiger partial charge on any atom is 0.261 e. The van der Waals surface area contributed by atoms with Crippen LogP contribution in [0.5, 0.6) is 0 Å². The summed E-state index contributed by atoms with van der Waals surface area (Å²) in [6.07, 6.45) is 0.830. The smallest absolute Gasteiger partial charge is 0.261 e. The molecule has 2 aromatic carbocycles. The highest BCUT2D eigenvalue weighted by Gasteiger charge is 2.27. The van der Waals surface area contributed by atoms with Gasteiger partial charge in [0.1, 0.15) is 0 Å². The lowest BCUT2D eigenvalue weighted by Gasteiger charge is -2.31. The molecule has 0 aliphatic carbocycles. The van der Waals surface area contributed by atoms with E-state index in [1.54, 1.807) is 24.3 Å². The Morgan fingerprint density at radius 2 is 1.36 bits per heavy atom. The Morgan fingerprint density at radius 3 is 1.89 bits per heavy atom. The molecule has 0 saturated carbocycles. The number of hydrogen-bond acceptors (Lipinski definition) is 5. The van der Waals surface area contributed by atoms with Crippen LogP contribution in [-0.2, 0) is 26.5 Å². The van der Waals surface area contributed by atoms with Crippen LogP contribution in [0.15, 0.2) is 58.3 Å². The highest BCUT2D eigenvalue weighted by Crippen LogP contribution is 2.22. The lowest BCUT2D eigenvalue weighted by Crippen LogP contribution is -2.46. The van der Waals surface area contributed by atoms with Gasteiger partial charge in [0.05, 0.1) is 9.79 Å². The highest BCUT2D eigenvalue weighted by molar-refractivity contribution is 7.92. The first-order valence-electron chi connectivity index (χ1n) is 9.13. The Balaban J connectivity index is 1.75. The fourth-order valence-electron chi connectivity index (χ4n) is 2.99. The van der Waals surface area contributed by atoms with Gasteiger partial charge in [-0.1, -0.05) is 19.1 Å². The van der Waals surface area contributed by atoms with E-state index in [2.05, 4.69) is 9.62 Å². The number of aryl methyl sites for hydroxylation is 1. The maximum atomic E-state index is 12.7. The Hall–Kier alpha value is -1.94. The number of benzene rings is 2. The zero-order chi connectivity index (χ0) is 20.4. The molecular weight excluding hydrogens is 398 g/mol. The molecule has 1 aliphatic rings. The van der Waals surface area contributed by atoms with Gasteiger partial charge in [-0.25, -0.2) is 16.8 Å². The summed E-state index contributed by atoms with van der Waals surface area (Å²) in [5.74, 6) is 0. The molecule has 28 heavy (non-hydrogen) atoms.